The molecule has 0 saturated heterocycles. The van der Waals surface area contributed by atoms with Gasteiger partial charge in [0.2, 0.25) is 0 Å². The molecule has 2 rings (SSSR count). The normalized spacial score (nSPS) is 18.0. The molecule has 6 heteroatoms. The van der Waals surface area contributed by atoms with Crippen LogP contribution < -0.4 is 10.6 Å². The third kappa shape index (κ3) is 3.27. The lowest BCUT2D eigenvalue weighted by Gasteiger charge is -2.30. The number of esters is 1. The Kier molecular flexibility index (Phi) is 4.80. The zero-order valence-electron chi connectivity index (χ0n) is 12.8. The molecule has 1 atom stereocenters. The molecule has 2 amide bonds. The summed E-state index contributed by atoms with van der Waals surface area (Å²) in [6.07, 6.45) is 0. The monoisotopic (exact) mass is 306 g/mol. The molecule has 1 aromatic carbocycles. The minimum atomic E-state index is -0.661. The molecule has 0 spiro atoms. The molecular weight excluding hydrogens is 287 g/mol. The lowest BCUT2D eigenvalue weighted by molar-refractivity contribution is -0.139. The first kappa shape index (κ1) is 16.0. The van der Waals surface area contributed by atoms with Crippen LogP contribution in [0.15, 0.2) is 35.5 Å². The fraction of sp³-hybridized carbons (Fsp3) is 0.375. The SMILES string of the molecule is CCOC(=O)C1=C(C(C)C)NC(=O)N[C@@H]1c1ccc(F)cc1. The number of amides is 2. The van der Waals surface area contributed by atoms with Crippen molar-refractivity contribution in [2.24, 2.45) is 5.92 Å². The van der Waals surface area contributed by atoms with Gasteiger partial charge in [-0.05, 0) is 30.5 Å². The Morgan fingerprint density at radius 1 is 1.32 bits per heavy atom. The van der Waals surface area contributed by atoms with Crippen LogP contribution >= 0.6 is 0 Å². The van der Waals surface area contributed by atoms with Crippen LogP contribution in [0.5, 0.6) is 0 Å². The number of benzene rings is 1. The van der Waals surface area contributed by atoms with Crippen molar-refractivity contribution in [2.75, 3.05) is 6.61 Å². The van der Waals surface area contributed by atoms with E-state index in [1.54, 1.807) is 19.1 Å². The average molecular weight is 306 g/mol. The summed E-state index contributed by atoms with van der Waals surface area (Å²) < 4.78 is 18.2. The molecular formula is C16H19FN2O3. The second-order valence-electron chi connectivity index (χ2n) is 5.29. The number of rotatable bonds is 4. The highest BCUT2D eigenvalue weighted by Crippen LogP contribution is 2.30. The van der Waals surface area contributed by atoms with Crippen LogP contribution in [0.2, 0.25) is 0 Å². The van der Waals surface area contributed by atoms with E-state index in [9.17, 15) is 14.0 Å². The lowest BCUT2D eigenvalue weighted by atomic mass is 9.91. The Balaban J connectivity index is 2.52. The van der Waals surface area contributed by atoms with E-state index < -0.39 is 18.0 Å². The quantitative estimate of drug-likeness (QED) is 0.840. The second-order valence-corrected chi connectivity index (χ2v) is 5.29. The largest absolute Gasteiger partial charge is 0.463 e. The van der Waals surface area contributed by atoms with Crippen molar-refractivity contribution in [2.45, 2.75) is 26.8 Å². The fourth-order valence-electron chi connectivity index (χ4n) is 2.38. The number of hydrogen-bond donors (Lipinski definition) is 2. The second kappa shape index (κ2) is 6.60. The van der Waals surface area contributed by atoms with Gasteiger partial charge in [-0.25, -0.2) is 14.0 Å². The van der Waals surface area contributed by atoms with Crippen LogP contribution in [-0.2, 0) is 9.53 Å². The Hall–Kier alpha value is -2.37. The lowest BCUT2D eigenvalue weighted by Crippen LogP contribution is -2.47. The van der Waals surface area contributed by atoms with Crippen molar-refractivity contribution in [3.63, 3.8) is 0 Å². The molecule has 118 valence electrons. The van der Waals surface area contributed by atoms with Crippen molar-refractivity contribution in [3.05, 3.63) is 46.9 Å². The first-order valence-corrected chi connectivity index (χ1v) is 7.18. The highest BCUT2D eigenvalue weighted by Gasteiger charge is 2.34. The number of carbonyl (C=O) groups is 2. The Bertz CT molecular complexity index is 608. The first-order valence-electron chi connectivity index (χ1n) is 7.18. The highest BCUT2D eigenvalue weighted by molar-refractivity contribution is 5.95. The van der Waals surface area contributed by atoms with E-state index in [-0.39, 0.29) is 18.3 Å². The van der Waals surface area contributed by atoms with E-state index in [2.05, 4.69) is 10.6 Å². The Morgan fingerprint density at radius 3 is 2.50 bits per heavy atom. The van der Waals surface area contributed by atoms with Crippen LogP contribution in [0.25, 0.3) is 0 Å². The maximum atomic E-state index is 13.1. The molecule has 1 aliphatic rings. The summed E-state index contributed by atoms with van der Waals surface area (Å²) in [4.78, 5) is 24.2. The molecule has 0 aromatic heterocycles. The summed E-state index contributed by atoms with van der Waals surface area (Å²) in [7, 11) is 0. The highest BCUT2D eigenvalue weighted by atomic mass is 19.1. The molecule has 22 heavy (non-hydrogen) atoms. The molecule has 0 fully saturated rings. The minimum Gasteiger partial charge on any atom is -0.463 e. The van der Waals surface area contributed by atoms with Crippen molar-refractivity contribution < 1.29 is 18.7 Å². The first-order chi connectivity index (χ1) is 10.4. The van der Waals surface area contributed by atoms with Gasteiger partial charge in [0, 0.05) is 5.70 Å². The molecule has 0 unspecified atom stereocenters. The van der Waals surface area contributed by atoms with Crippen LogP contribution in [0.3, 0.4) is 0 Å². The third-order valence-electron chi connectivity index (χ3n) is 3.38. The van der Waals surface area contributed by atoms with Gasteiger partial charge >= 0.3 is 12.0 Å². The molecule has 5 nitrogen and oxygen atoms in total. The summed E-state index contributed by atoms with van der Waals surface area (Å²) >= 11 is 0. The number of ether oxygens (including phenoxy) is 1. The van der Waals surface area contributed by atoms with Crippen LogP contribution in [0.4, 0.5) is 9.18 Å². The molecule has 1 heterocycles. The van der Waals surface area contributed by atoms with Gasteiger partial charge in [-0.3, -0.25) is 0 Å². The molecule has 0 aliphatic carbocycles. The molecule has 1 aliphatic heterocycles. The predicted octanol–water partition coefficient (Wildman–Crippen LogP) is 2.65. The number of allylic oxidation sites excluding steroid dienone is 1. The van der Waals surface area contributed by atoms with Crippen molar-refractivity contribution >= 4 is 12.0 Å². The minimum absolute atomic E-state index is 0.0617. The van der Waals surface area contributed by atoms with Crippen molar-refractivity contribution in [1.29, 1.82) is 0 Å². The number of halogens is 1. The molecule has 0 saturated carbocycles. The van der Waals surface area contributed by atoms with E-state index in [0.717, 1.165) is 0 Å². The van der Waals surface area contributed by atoms with Gasteiger partial charge in [-0.2, -0.15) is 0 Å². The molecule has 2 N–H and O–H groups in total. The average Bonchev–Trinajstić information content (AvgIpc) is 2.47. The molecule has 0 bridgehead atoms. The standard InChI is InChI=1S/C16H19FN2O3/c1-4-22-15(20)12-13(9(2)3)18-16(21)19-14(12)10-5-7-11(17)8-6-10/h5-9,14H,4H2,1-3H3,(H2,18,19,21)/t14-/m1/s1. The van der Waals surface area contributed by atoms with Gasteiger partial charge in [-0.1, -0.05) is 26.0 Å². The van der Waals surface area contributed by atoms with Crippen LogP contribution in [0, 0.1) is 11.7 Å². The van der Waals surface area contributed by atoms with Crippen LogP contribution in [0.1, 0.15) is 32.4 Å². The van der Waals surface area contributed by atoms with Gasteiger partial charge in [-0.15, -0.1) is 0 Å². The van der Waals surface area contributed by atoms with Crippen molar-refractivity contribution in [3.8, 4) is 0 Å². The fourth-order valence-corrected chi connectivity index (χ4v) is 2.38. The predicted molar refractivity (Wildman–Crippen MR) is 79.3 cm³/mol. The topological polar surface area (TPSA) is 67.4 Å². The van der Waals surface area contributed by atoms with Gasteiger partial charge in [0.15, 0.2) is 0 Å². The molecule has 1 aromatic rings. The van der Waals surface area contributed by atoms with Gasteiger partial charge < -0.3 is 15.4 Å². The van der Waals surface area contributed by atoms with E-state index in [1.807, 2.05) is 13.8 Å². The summed E-state index contributed by atoms with van der Waals surface area (Å²) in [6, 6.07) is 4.62. The van der Waals surface area contributed by atoms with E-state index in [1.165, 1.54) is 12.1 Å². The number of carbonyl (C=O) groups excluding carboxylic acids is 2. The summed E-state index contributed by atoms with van der Waals surface area (Å²) in [5.74, 6) is -0.934. The number of nitrogens with one attached hydrogen (secondary N) is 2. The Morgan fingerprint density at radius 2 is 1.95 bits per heavy atom. The number of urea groups is 1. The maximum Gasteiger partial charge on any atom is 0.338 e. The third-order valence-corrected chi connectivity index (χ3v) is 3.38. The summed E-state index contributed by atoms with van der Waals surface area (Å²) in [5, 5.41) is 5.37. The Labute approximate surface area is 128 Å². The summed E-state index contributed by atoms with van der Waals surface area (Å²) in [6.45, 7) is 5.71. The summed E-state index contributed by atoms with van der Waals surface area (Å²) in [5.41, 5.74) is 1.50. The maximum absolute atomic E-state index is 13.1. The van der Waals surface area contributed by atoms with E-state index in [4.69, 9.17) is 4.74 Å². The smallest absolute Gasteiger partial charge is 0.338 e. The van der Waals surface area contributed by atoms with Crippen LogP contribution in [-0.4, -0.2) is 18.6 Å². The van der Waals surface area contributed by atoms with E-state index in [0.29, 0.717) is 16.8 Å². The van der Waals surface area contributed by atoms with Crippen molar-refractivity contribution in [1.82, 2.24) is 10.6 Å². The number of hydrogen-bond acceptors (Lipinski definition) is 3. The zero-order chi connectivity index (χ0) is 16.3. The van der Waals surface area contributed by atoms with Gasteiger partial charge in [0.25, 0.3) is 0 Å². The zero-order valence-corrected chi connectivity index (χ0v) is 12.8. The van der Waals surface area contributed by atoms with Gasteiger partial charge in [0.05, 0.1) is 18.2 Å². The molecule has 0 radical (unpaired) electrons. The van der Waals surface area contributed by atoms with E-state index >= 15 is 0 Å². The van der Waals surface area contributed by atoms with Gasteiger partial charge in [0.1, 0.15) is 5.82 Å².